The van der Waals surface area contributed by atoms with E-state index in [9.17, 15) is 4.39 Å². The Morgan fingerprint density at radius 2 is 1.74 bits per heavy atom. The van der Waals surface area contributed by atoms with Crippen LogP contribution in [0.4, 0.5) is 4.39 Å². The molecule has 1 saturated heterocycles. The maximum Gasteiger partial charge on any atom is 0.480 e. The van der Waals surface area contributed by atoms with Gasteiger partial charge >= 0.3 is 7.12 Å². The lowest BCUT2D eigenvalue weighted by molar-refractivity contribution is 0.00578. The Kier molecular flexibility index (Phi) is 3.69. The maximum absolute atomic E-state index is 13.3. The van der Waals surface area contributed by atoms with Crippen LogP contribution in [0.25, 0.3) is 0 Å². The topological polar surface area (TPSA) is 44.5 Å². The lowest BCUT2D eigenvalue weighted by atomic mass is 9.75. The van der Waals surface area contributed by atoms with Crippen LogP contribution in [0.3, 0.4) is 0 Å². The Morgan fingerprint density at radius 3 is 2.26 bits per heavy atom. The SMILES string of the molecule is CC1(C)OB(C(N)c2cc(F)ccc2Cl)OC1(C)C. The van der Waals surface area contributed by atoms with Crippen molar-refractivity contribution in [1.29, 1.82) is 0 Å². The van der Waals surface area contributed by atoms with E-state index in [1.165, 1.54) is 18.2 Å². The number of hydrogen-bond acceptors (Lipinski definition) is 3. The Balaban J connectivity index is 2.27. The highest BCUT2D eigenvalue weighted by Crippen LogP contribution is 2.40. The summed E-state index contributed by atoms with van der Waals surface area (Å²) in [5, 5.41) is 0.406. The van der Waals surface area contributed by atoms with Crippen molar-refractivity contribution in [2.75, 3.05) is 0 Å². The lowest BCUT2D eigenvalue weighted by Crippen LogP contribution is -2.41. The molecule has 1 unspecified atom stereocenters. The molecule has 104 valence electrons. The largest absolute Gasteiger partial charge is 0.480 e. The zero-order valence-electron chi connectivity index (χ0n) is 11.5. The highest BCUT2D eigenvalue weighted by atomic mass is 35.5. The number of nitrogens with two attached hydrogens (primary N) is 1. The van der Waals surface area contributed by atoms with E-state index < -0.39 is 24.3 Å². The quantitative estimate of drug-likeness (QED) is 0.849. The molecular weight excluding hydrogens is 267 g/mol. The summed E-state index contributed by atoms with van der Waals surface area (Å²) in [6.07, 6.45) is 0. The summed E-state index contributed by atoms with van der Waals surface area (Å²) in [4.78, 5) is 0. The second kappa shape index (κ2) is 4.74. The molecule has 0 spiro atoms. The van der Waals surface area contributed by atoms with Gasteiger partial charge in [0.1, 0.15) is 5.82 Å². The Labute approximate surface area is 118 Å². The first-order chi connectivity index (χ1) is 8.64. The third-order valence-electron chi connectivity index (χ3n) is 3.88. The summed E-state index contributed by atoms with van der Waals surface area (Å²) in [5.41, 5.74) is 5.64. The summed E-state index contributed by atoms with van der Waals surface area (Å²) in [6, 6.07) is 4.10. The first-order valence-corrected chi connectivity index (χ1v) is 6.58. The van der Waals surface area contributed by atoms with Crippen molar-refractivity contribution in [3.05, 3.63) is 34.6 Å². The fourth-order valence-corrected chi connectivity index (χ4v) is 2.20. The molecule has 2 rings (SSSR count). The van der Waals surface area contributed by atoms with Gasteiger partial charge in [0.15, 0.2) is 0 Å². The molecule has 6 heteroatoms. The Bertz CT molecular complexity index is 480. The van der Waals surface area contributed by atoms with Crippen LogP contribution in [0.15, 0.2) is 18.2 Å². The zero-order valence-corrected chi connectivity index (χ0v) is 12.3. The van der Waals surface area contributed by atoms with Gasteiger partial charge in [-0.3, -0.25) is 0 Å². The molecule has 3 nitrogen and oxygen atoms in total. The van der Waals surface area contributed by atoms with Gasteiger partial charge in [0.25, 0.3) is 0 Å². The minimum absolute atomic E-state index is 0.383. The van der Waals surface area contributed by atoms with Crippen LogP contribution in [-0.4, -0.2) is 18.3 Å². The second-order valence-corrected chi connectivity index (χ2v) is 6.22. The van der Waals surface area contributed by atoms with Gasteiger partial charge in [0.2, 0.25) is 0 Å². The van der Waals surface area contributed by atoms with Gasteiger partial charge in [0, 0.05) is 5.02 Å². The van der Waals surface area contributed by atoms with Crippen LogP contribution in [0, 0.1) is 5.82 Å². The number of hydrogen-bond donors (Lipinski definition) is 1. The van der Waals surface area contributed by atoms with Gasteiger partial charge in [0.05, 0.1) is 17.1 Å². The molecule has 0 amide bonds. The van der Waals surface area contributed by atoms with Crippen LogP contribution in [-0.2, 0) is 9.31 Å². The van der Waals surface area contributed by atoms with Crippen molar-refractivity contribution in [2.24, 2.45) is 5.73 Å². The third kappa shape index (κ3) is 2.65. The summed E-state index contributed by atoms with van der Waals surface area (Å²) in [7, 11) is -0.649. The smallest absolute Gasteiger partial charge is 0.402 e. The minimum atomic E-state index is -0.649. The van der Waals surface area contributed by atoms with Crippen LogP contribution < -0.4 is 5.73 Å². The van der Waals surface area contributed by atoms with E-state index in [4.69, 9.17) is 26.6 Å². The van der Waals surface area contributed by atoms with Gasteiger partial charge in [-0.05, 0) is 51.5 Å². The lowest BCUT2D eigenvalue weighted by Gasteiger charge is -2.32. The molecule has 1 fully saturated rings. The molecule has 1 atom stereocenters. The van der Waals surface area contributed by atoms with E-state index >= 15 is 0 Å². The maximum atomic E-state index is 13.3. The molecular formula is C13H18BClFNO2. The number of rotatable bonds is 2. The molecule has 1 heterocycles. The molecule has 1 aromatic carbocycles. The normalized spacial score (nSPS) is 22.6. The van der Waals surface area contributed by atoms with Crippen LogP contribution >= 0.6 is 11.6 Å². The molecule has 0 aromatic heterocycles. The molecule has 0 saturated carbocycles. The van der Waals surface area contributed by atoms with Crippen molar-refractivity contribution < 1.29 is 13.7 Å². The van der Waals surface area contributed by atoms with Gasteiger partial charge in [-0.2, -0.15) is 0 Å². The molecule has 0 radical (unpaired) electrons. The first kappa shape index (κ1) is 14.8. The molecule has 0 aliphatic carbocycles. The highest BCUT2D eigenvalue weighted by molar-refractivity contribution is 6.48. The van der Waals surface area contributed by atoms with E-state index in [1.807, 2.05) is 27.7 Å². The van der Waals surface area contributed by atoms with Crippen molar-refractivity contribution in [3.63, 3.8) is 0 Å². The van der Waals surface area contributed by atoms with Gasteiger partial charge < -0.3 is 15.0 Å². The molecule has 0 bridgehead atoms. The minimum Gasteiger partial charge on any atom is -0.402 e. The van der Waals surface area contributed by atoms with E-state index in [0.717, 1.165) is 0 Å². The monoisotopic (exact) mass is 285 g/mol. The third-order valence-corrected chi connectivity index (χ3v) is 4.23. The highest BCUT2D eigenvalue weighted by Gasteiger charge is 2.53. The van der Waals surface area contributed by atoms with Crippen molar-refractivity contribution >= 4 is 18.7 Å². The van der Waals surface area contributed by atoms with E-state index in [1.54, 1.807) is 0 Å². The average Bonchev–Trinajstić information content (AvgIpc) is 2.51. The van der Waals surface area contributed by atoms with E-state index in [-0.39, 0.29) is 5.82 Å². The zero-order chi connectivity index (χ0) is 14.4. The predicted molar refractivity (Wildman–Crippen MR) is 74.4 cm³/mol. The van der Waals surface area contributed by atoms with Crippen molar-refractivity contribution in [3.8, 4) is 0 Å². The predicted octanol–water partition coefficient (Wildman–Crippen LogP) is 3.11. The summed E-state index contributed by atoms with van der Waals surface area (Å²) in [6.45, 7) is 7.75. The Morgan fingerprint density at radius 1 is 1.21 bits per heavy atom. The molecule has 1 aliphatic heterocycles. The first-order valence-electron chi connectivity index (χ1n) is 6.20. The number of benzene rings is 1. The van der Waals surface area contributed by atoms with Crippen LogP contribution in [0.2, 0.25) is 5.02 Å². The summed E-state index contributed by atoms with van der Waals surface area (Å²) >= 11 is 6.05. The van der Waals surface area contributed by atoms with Gasteiger partial charge in [-0.25, -0.2) is 4.39 Å². The Hall–Kier alpha value is -0.615. The fourth-order valence-electron chi connectivity index (χ4n) is 1.95. The fraction of sp³-hybridized carbons (Fsp3) is 0.538. The van der Waals surface area contributed by atoms with Crippen molar-refractivity contribution in [1.82, 2.24) is 0 Å². The molecule has 2 N–H and O–H groups in total. The van der Waals surface area contributed by atoms with Crippen LogP contribution in [0.5, 0.6) is 0 Å². The molecule has 1 aliphatic rings. The molecule has 19 heavy (non-hydrogen) atoms. The summed E-state index contributed by atoms with van der Waals surface area (Å²) in [5.74, 6) is -1.02. The van der Waals surface area contributed by atoms with E-state index in [2.05, 4.69) is 0 Å². The second-order valence-electron chi connectivity index (χ2n) is 5.82. The van der Waals surface area contributed by atoms with E-state index in [0.29, 0.717) is 10.6 Å². The van der Waals surface area contributed by atoms with Crippen LogP contribution in [0.1, 0.15) is 39.2 Å². The molecule has 1 aromatic rings. The van der Waals surface area contributed by atoms with Crippen molar-refractivity contribution in [2.45, 2.75) is 44.8 Å². The number of halogens is 2. The van der Waals surface area contributed by atoms with Gasteiger partial charge in [-0.1, -0.05) is 11.6 Å². The average molecular weight is 286 g/mol. The standard InChI is InChI=1S/C13H18BClFNO2/c1-12(2)13(3,4)19-14(18-12)11(17)9-7-8(16)5-6-10(9)15/h5-7,11H,17H2,1-4H3. The van der Waals surface area contributed by atoms with Gasteiger partial charge in [-0.15, -0.1) is 0 Å². The summed E-state index contributed by atoms with van der Waals surface area (Å²) < 4.78 is 25.0.